The SMILES string of the molecule is CCN(C(=O)C1CCN(C(=O)C2CC(=O)N(c3ccc(C)cc3)C2)CC1)C1CCCCC1. The smallest absolute Gasteiger partial charge is 0.228 e. The molecule has 6 heteroatoms. The van der Waals surface area contributed by atoms with E-state index in [0.29, 0.717) is 25.7 Å². The number of likely N-dealkylation sites (tertiary alicyclic amines) is 1. The summed E-state index contributed by atoms with van der Waals surface area (Å²) in [6.07, 6.45) is 7.73. The minimum atomic E-state index is -0.287. The van der Waals surface area contributed by atoms with Gasteiger partial charge in [-0.05, 0) is 51.7 Å². The molecule has 3 fully saturated rings. The molecule has 6 nitrogen and oxygen atoms in total. The minimum absolute atomic E-state index is 0.0170. The first kappa shape index (κ1) is 22.8. The summed E-state index contributed by atoms with van der Waals surface area (Å²) in [5.41, 5.74) is 2.01. The van der Waals surface area contributed by atoms with Gasteiger partial charge >= 0.3 is 0 Å². The van der Waals surface area contributed by atoms with Crippen molar-refractivity contribution in [2.75, 3.05) is 31.1 Å². The van der Waals surface area contributed by atoms with Gasteiger partial charge in [0.05, 0.1) is 5.92 Å². The number of hydrogen-bond donors (Lipinski definition) is 0. The van der Waals surface area contributed by atoms with Gasteiger partial charge in [0.1, 0.15) is 0 Å². The average molecular weight is 440 g/mol. The van der Waals surface area contributed by atoms with E-state index in [-0.39, 0.29) is 36.0 Å². The Hall–Kier alpha value is -2.37. The van der Waals surface area contributed by atoms with Crippen LogP contribution in [0, 0.1) is 18.8 Å². The minimum Gasteiger partial charge on any atom is -0.342 e. The number of carbonyl (C=O) groups is 3. The molecule has 2 aliphatic heterocycles. The van der Waals surface area contributed by atoms with Crippen LogP contribution < -0.4 is 4.90 Å². The van der Waals surface area contributed by atoms with Crippen LogP contribution in [0.3, 0.4) is 0 Å². The van der Waals surface area contributed by atoms with Gasteiger partial charge < -0.3 is 14.7 Å². The maximum atomic E-state index is 13.2. The van der Waals surface area contributed by atoms with Crippen LogP contribution >= 0.6 is 0 Å². The summed E-state index contributed by atoms with van der Waals surface area (Å²) in [5.74, 6) is 0.107. The Morgan fingerprint density at radius 1 is 0.969 bits per heavy atom. The topological polar surface area (TPSA) is 60.9 Å². The van der Waals surface area contributed by atoms with Gasteiger partial charge in [0.15, 0.2) is 0 Å². The lowest BCUT2D eigenvalue weighted by atomic mass is 9.90. The molecule has 1 aromatic rings. The number of anilines is 1. The fraction of sp³-hybridized carbons (Fsp3) is 0.654. The van der Waals surface area contributed by atoms with Gasteiger partial charge in [-0.1, -0.05) is 37.0 Å². The summed E-state index contributed by atoms with van der Waals surface area (Å²) in [5, 5.41) is 0. The highest BCUT2D eigenvalue weighted by molar-refractivity contribution is 6.00. The standard InChI is InChI=1S/C26H37N3O3/c1-3-28(22-7-5-4-6-8-22)26(32)20-13-15-27(16-14-20)25(31)21-17-24(30)29(18-21)23-11-9-19(2)10-12-23/h9-12,20-22H,3-8,13-18H2,1-2H3. The number of rotatable bonds is 5. The number of piperidine rings is 1. The Balaban J connectivity index is 1.31. The van der Waals surface area contributed by atoms with Crippen LogP contribution in [0.5, 0.6) is 0 Å². The maximum absolute atomic E-state index is 13.2. The highest BCUT2D eigenvalue weighted by Gasteiger charge is 2.39. The van der Waals surface area contributed by atoms with E-state index in [1.807, 2.05) is 36.1 Å². The third kappa shape index (κ3) is 4.84. The molecular formula is C26H37N3O3. The maximum Gasteiger partial charge on any atom is 0.228 e. The monoisotopic (exact) mass is 439 g/mol. The number of nitrogens with zero attached hydrogens (tertiary/aromatic N) is 3. The van der Waals surface area contributed by atoms with Gasteiger partial charge in [-0.2, -0.15) is 0 Å². The predicted octanol–water partition coefficient (Wildman–Crippen LogP) is 3.77. The summed E-state index contributed by atoms with van der Waals surface area (Å²) in [6.45, 7) is 6.57. The summed E-state index contributed by atoms with van der Waals surface area (Å²) in [7, 11) is 0. The van der Waals surface area contributed by atoms with Crippen molar-refractivity contribution in [1.29, 1.82) is 0 Å². The van der Waals surface area contributed by atoms with Crippen molar-refractivity contribution >= 4 is 23.4 Å². The number of aryl methyl sites for hydroxylation is 1. The lowest BCUT2D eigenvalue weighted by Crippen LogP contribution is -2.49. The van der Waals surface area contributed by atoms with Gasteiger partial charge in [0, 0.05) is 50.2 Å². The Morgan fingerprint density at radius 3 is 2.25 bits per heavy atom. The van der Waals surface area contributed by atoms with Gasteiger partial charge in [0.25, 0.3) is 0 Å². The van der Waals surface area contributed by atoms with Crippen molar-refractivity contribution in [2.24, 2.45) is 11.8 Å². The fourth-order valence-electron chi connectivity index (χ4n) is 5.67. The fourth-order valence-corrected chi connectivity index (χ4v) is 5.67. The van der Waals surface area contributed by atoms with Gasteiger partial charge in [-0.25, -0.2) is 0 Å². The van der Waals surface area contributed by atoms with E-state index >= 15 is 0 Å². The zero-order valence-electron chi connectivity index (χ0n) is 19.6. The highest BCUT2D eigenvalue weighted by Crippen LogP contribution is 2.30. The Labute approximate surface area is 191 Å². The lowest BCUT2D eigenvalue weighted by molar-refractivity contribution is -0.144. The lowest BCUT2D eigenvalue weighted by Gasteiger charge is -2.39. The van der Waals surface area contributed by atoms with E-state index in [1.54, 1.807) is 4.90 Å². The van der Waals surface area contributed by atoms with Crippen molar-refractivity contribution in [1.82, 2.24) is 9.80 Å². The molecule has 4 rings (SSSR count). The summed E-state index contributed by atoms with van der Waals surface area (Å²) < 4.78 is 0. The number of carbonyl (C=O) groups excluding carboxylic acids is 3. The van der Waals surface area contributed by atoms with Crippen LogP contribution in [-0.2, 0) is 14.4 Å². The molecule has 1 atom stereocenters. The molecule has 2 heterocycles. The average Bonchev–Trinajstić information content (AvgIpc) is 3.22. The van der Waals surface area contributed by atoms with E-state index in [4.69, 9.17) is 0 Å². The normalized spacial score (nSPS) is 22.9. The van der Waals surface area contributed by atoms with Crippen LogP contribution in [0.25, 0.3) is 0 Å². The van der Waals surface area contributed by atoms with Crippen LogP contribution in [0.1, 0.15) is 63.9 Å². The largest absolute Gasteiger partial charge is 0.342 e. The molecule has 1 aliphatic carbocycles. The van der Waals surface area contributed by atoms with Crippen molar-refractivity contribution in [3.8, 4) is 0 Å². The summed E-state index contributed by atoms with van der Waals surface area (Å²) >= 11 is 0. The first-order valence-corrected chi connectivity index (χ1v) is 12.4. The van der Waals surface area contributed by atoms with Crippen LogP contribution in [-0.4, -0.2) is 59.7 Å². The van der Waals surface area contributed by atoms with E-state index < -0.39 is 0 Å². The summed E-state index contributed by atoms with van der Waals surface area (Å²) in [4.78, 5) is 44.6. The van der Waals surface area contributed by atoms with Crippen molar-refractivity contribution in [3.05, 3.63) is 29.8 Å². The third-order valence-electron chi connectivity index (χ3n) is 7.62. The molecule has 0 N–H and O–H groups in total. The predicted molar refractivity (Wildman–Crippen MR) is 125 cm³/mol. The third-order valence-corrected chi connectivity index (χ3v) is 7.62. The van der Waals surface area contributed by atoms with Crippen molar-refractivity contribution < 1.29 is 14.4 Å². The van der Waals surface area contributed by atoms with Gasteiger partial charge in [0.2, 0.25) is 17.7 Å². The Morgan fingerprint density at radius 2 is 1.62 bits per heavy atom. The van der Waals surface area contributed by atoms with Crippen molar-refractivity contribution in [3.63, 3.8) is 0 Å². The number of amides is 3. The van der Waals surface area contributed by atoms with E-state index in [9.17, 15) is 14.4 Å². The molecule has 1 unspecified atom stereocenters. The van der Waals surface area contributed by atoms with Crippen molar-refractivity contribution in [2.45, 2.75) is 71.3 Å². The zero-order chi connectivity index (χ0) is 22.7. The second-order valence-corrected chi connectivity index (χ2v) is 9.76. The number of benzene rings is 1. The van der Waals surface area contributed by atoms with Crippen LogP contribution in [0.15, 0.2) is 24.3 Å². The summed E-state index contributed by atoms with van der Waals surface area (Å²) in [6, 6.07) is 8.28. The molecule has 1 aromatic carbocycles. The van der Waals surface area contributed by atoms with E-state index in [2.05, 4.69) is 11.8 Å². The van der Waals surface area contributed by atoms with Crippen LogP contribution in [0.2, 0.25) is 0 Å². The van der Waals surface area contributed by atoms with Gasteiger partial charge in [-0.15, -0.1) is 0 Å². The molecule has 3 amide bonds. The van der Waals surface area contributed by atoms with Gasteiger partial charge in [-0.3, -0.25) is 14.4 Å². The highest BCUT2D eigenvalue weighted by atomic mass is 16.2. The first-order valence-electron chi connectivity index (χ1n) is 12.4. The second kappa shape index (κ2) is 10.1. The molecule has 0 bridgehead atoms. The molecule has 32 heavy (non-hydrogen) atoms. The first-order chi connectivity index (χ1) is 15.5. The molecule has 0 radical (unpaired) electrons. The zero-order valence-corrected chi connectivity index (χ0v) is 19.6. The van der Waals surface area contributed by atoms with E-state index in [0.717, 1.165) is 43.5 Å². The number of hydrogen-bond acceptors (Lipinski definition) is 3. The molecule has 2 saturated heterocycles. The Kier molecular flexibility index (Phi) is 7.17. The Bertz CT molecular complexity index is 823. The van der Waals surface area contributed by atoms with E-state index in [1.165, 1.54) is 19.3 Å². The molecule has 3 aliphatic rings. The molecular weight excluding hydrogens is 402 g/mol. The second-order valence-electron chi connectivity index (χ2n) is 9.76. The molecule has 0 aromatic heterocycles. The quantitative estimate of drug-likeness (QED) is 0.702. The molecule has 0 spiro atoms. The molecule has 174 valence electrons. The van der Waals surface area contributed by atoms with Crippen LogP contribution in [0.4, 0.5) is 5.69 Å². The molecule has 1 saturated carbocycles.